The minimum atomic E-state index is -0.219. The maximum Gasteiger partial charge on any atom is 0.226 e. The van der Waals surface area contributed by atoms with Crippen LogP contribution in [0, 0.1) is 5.92 Å². The number of likely N-dealkylation sites (tertiary alicyclic amines) is 3. The predicted molar refractivity (Wildman–Crippen MR) is 109 cm³/mol. The van der Waals surface area contributed by atoms with Crippen LogP contribution in [-0.4, -0.2) is 82.1 Å². The molecule has 0 aromatic carbocycles. The van der Waals surface area contributed by atoms with Crippen LogP contribution in [-0.2, 0) is 11.3 Å². The molecule has 4 rings (SSSR count). The van der Waals surface area contributed by atoms with E-state index in [4.69, 9.17) is 0 Å². The van der Waals surface area contributed by atoms with E-state index in [9.17, 15) is 9.90 Å². The molecule has 6 nitrogen and oxygen atoms in total. The van der Waals surface area contributed by atoms with Crippen LogP contribution in [0.1, 0.15) is 44.1 Å². The third-order valence-electron chi connectivity index (χ3n) is 6.78. The highest BCUT2D eigenvalue weighted by atomic mass is 16.3. The van der Waals surface area contributed by atoms with Crippen LogP contribution in [0.5, 0.6) is 0 Å². The number of aliphatic hydroxyl groups excluding tert-OH is 1. The molecule has 0 bridgehead atoms. The number of piperidine rings is 3. The Morgan fingerprint density at radius 1 is 1.07 bits per heavy atom. The maximum absolute atomic E-state index is 12.9. The van der Waals surface area contributed by atoms with Crippen molar-refractivity contribution in [2.75, 3.05) is 39.3 Å². The first kappa shape index (κ1) is 19.8. The van der Waals surface area contributed by atoms with Crippen LogP contribution in [0.3, 0.4) is 0 Å². The summed E-state index contributed by atoms with van der Waals surface area (Å²) < 4.78 is 0. The lowest BCUT2D eigenvalue weighted by molar-refractivity contribution is -0.139. The first-order chi connectivity index (χ1) is 13.7. The summed E-state index contributed by atoms with van der Waals surface area (Å²) in [6.07, 6.45) is 9.58. The van der Waals surface area contributed by atoms with Gasteiger partial charge in [-0.15, -0.1) is 0 Å². The Hall–Kier alpha value is -1.50. The number of hydrogen-bond acceptors (Lipinski definition) is 5. The quantitative estimate of drug-likeness (QED) is 0.854. The van der Waals surface area contributed by atoms with Crippen molar-refractivity contribution in [1.82, 2.24) is 19.7 Å². The van der Waals surface area contributed by atoms with Crippen molar-refractivity contribution >= 4 is 5.91 Å². The standard InChI is InChI=1S/C22H34N4O2/c27-21-7-13-25(14-8-21)22(28)19-4-2-10-26(17-19)20-5-11-24(12-6-20)16-18-3-1-9-23-15-18/h1,3,9,15,19-21,27H,2,4-8,10-14,16-17H2. The van der Waals surface area contributed by atoms with Crippen molar-refractivity contribution in [3.05, 3.63) is 30.1 Å². The predicted octanol–water partition coefficient (Wildman–Crippen LogP) is 1.74. The van der Waals surface area contributed by atoms with Gasteiger partial charge in [0.05, 0.1) is 12.0 Å². The van der Waals surface area contributed by atoms with E-state index in [0.717, 1.165) is 71.5 Å². The highest BCUT2D eigenvalue weighted by Crippen LogP contribution is 2.26. The zero-order chi connectivity index (χ0) is 19.3. The summed E-state index contributed by atoms with van der Waals surface area (Å²) in [5.74, 6) is 0.475. The van der Waals surface area contributed by atoms with Gasteiger partial charge in [0, 0.05) is 44.6 Å². The molecule has 6 heteroatoms. The van der Waals surface area contributed by atoms with Crippen molar-refractivity contribution in [2.24, 2.45) is 5.92 Å². The Morgan fingerprint density at radius 3 is 2.57 bits per heavy atom. The Labute approximate surface area is 168 Å². The highest BCUT2D eigenvalue weighted by Gasteiger charge is 2.34. The molecule has 0 aliphatic carbocycles. The average molecular weight is 387 g/mol. The molecule has 4 heterocycles. The van der Waals surface area contributed by atoms with Crippen LogP contribution in [0.15, 0.2) is 24.5 Å². The zero-order valence-corrected chi connectivity index (χ0v) is 16.9. The molecule has 28 heavy (non-hydrogen) atoms. The second-order valence-corrected chi connectivity index (χ2v) is 8.76. The molecule has 3 aliphatic rings. The fraction of sp³-hybridized carbons (Fsp3) is 0.727. The fourth-order valence-electron chi connectivity index (χ4n) is 5.08. The van der Waals surface area contributed by atoms with Gasteiger partial charge in [-0.1, -0.05) is 6.07 Å². The first-order valence-corrected chi connectivity index (χ1v) is 11.0. The Bertz CT molecular complexity index is 625. The van der Waals surface area contributed by atoms with Crippen LogP contribution < -0.4 is 0 Å². The van der Waals surface area contributed by atoms with Gasteiger partial charge in [0.15, 0.2) is 0 Å². The normalized spacial score (nSPS) is 26.5. The van der Waals surface area contributed by atoms with Crippen LogP contribution in [0.2, 0.25) is 0 Å². The molecule has 0 saturated carbocycles. The number of carbonyl (C=O) groups excluding carboxylic acids is 1. The second kappa shape index (κ2) is 9.33. The molecular formula is C22H34N4O2. The monoisotopic (exact) mass is 386 g/mol. The number of nitrogens with zero attached hydrogens (tertiary/aromatic N) is 4. The number of aliphatic hydroxyl groups is 1. The lowest BCUT2D eigenvalue weighted by Gasteiger charge is -2.43. The SMILES string of the molecule is O=C(C1CCCN(C2CCN(Cc3cccnc3)CC2)C1)N1CCC(O)CC1. The van der Waals surface area contributed by atoms with Crippen LogP contribution in [0.25, 0.3) is 0 Å². The molecule has 1 N–H and O–H groups in total. The van der Waals surface area contributed by atoms with E-state index in [1.54, 1.807) is 0 Å². The summed E-state index contributed by atoms with van der Waals surface area (Å²) in [4.78, 5) is 24.3. The molecule has 1 atom stereocenters. The summed E-state index contributed by atoms with van der Waals surface area (Å²) >= 11 is 0. The van der Waals surface area contributed by atoms with Gasteiger partial charge < -0.3 is 10.0 Å². The van der Waals surface area contributed by atoms with Gasteiger partial charge in [-0.2, -0.15) is 0 Å². The van der Waals surface area contributed by atoms with Crippen molar-refractivity contribution in [1.29, 1.82) is 0 Å². The number of aromatic nitrogens is 1. The van der Waals surface area contributed by atoms with Crippen molar-refractivity contribution < 1.29 is 9.90 Å². The number of rotatable bonds is 4. The Kier molecular flexibility index (Phi) is 6.60. The smallest absolute Gasteiger partial charge is 0.226 e. The van der Waals surface area contributed by atoms with Crippen molar-refractivity contribution in [2.45, 2.75) is 57.2 Å². The van der Waals surface area contributed by atoms with E-state index in [1.807, 2.05) is 23.4 Å². The average Bonchev–Trinajstić information content (AvgIpc) is 2.75. The molecule has 3 saturated heterocycles. The Balaban J connectivity index is 1.25. The van der Waals surface area contributed by atoms with Gasteiger partial charge in [-0.3, -0.25) is 19.6 Å². The molecule has 1 amide bonds. The van der Waals surface area contributed by atoms with Crippen LogP contribution >= 0.6 is 0 Å². The fourth-order valence-corrected chi connectivity index (χ4v) is 5.08. The van der Waals surface area contributed by atoms with E-state index in [0.29, 0.717) is 11.9 Å². The molecule has 1 aromatic heterocycles. The van der Waals surface area contributed by atoms with E-state index in [2.05, 4.69) is 20.9 Å². The van der Waals surface area contributed by atoms with E-state index in [1.165, 1.54) is 18.4 Å². The topological polar surface area (TPSA) is 59.9 Å². The number of amides is 1. The number of pyridine rings is 1. The summed E-state index contributed by atoms with van der Waals surface area (Å²) in [6.45, 7) is 6.74. The van der Waals surface area contributed by atoms with Gasteiger partial charge >= 0.3 is 0 Å². The minimum absolute atomic E-state index is 0.150. The number of hydrogen-bond donors (Lipinski definition) is 1. The zero-order valence-electron chi connectivity index (χ0n) is 16.9. The largest absolute Gasteiger partial charge is 0.393 e. The van der Waals surface area contributed by atoms with Crippen molar-refractivity contribution in [3.63, 3.8) is 0 Å². The van der Waals surface area contributed by atoms with Gasteiger partial charge in [0.1, 0.15) is 0 Å². The minimum Gasteiger partial charge on any atom is -0.393 e. The lowest BCUT2D eigenvalue weighted by Crippen LogP contribution is -2.52. The molecule has 3 aliphatic heterocycles. The molecule has 0 radical (unpaired) electrons. The maximum atomic E-state index is 12.9. The van der Waals surface area contributed by atoms with E-state index in [-0.39, 0.29) is 12.0 Å². The van der Waals surface area contributed by atoms with Gasteiger partial charge in [-0.05, 0) is 69.8 Å². The van der Waals surface area contributed by atoms with E-state index >= 15 is 0 Å². The van der Waals surface area contributed by atoms with Gasteiger partial charge in [0.2, 0.25) is 5.91 Å². The molecule has 154 valence electrons. The first-order valence-electron chi connectivity index (χ1n) is 11.0. The highest BCUT2D eigenvalue weighted by molar-refractivity contribution is 5.79. The second-order valence-electron chi connectivity index (χ2n) is 8.76. The summed E-state index contributed by atoms with van der Waals surface area (Å²) in [6, 6.07) is 4.78. The van der Waals surface area contributed by atoms with Gasteiger partial charge in [0.25, 0.3) is 0 Å². The molecular weight excluding hydrogens is 352 g/mol. The van der Waals surface area contributed by atoms with Crippen LogP contribution in [0.4, 0.5) is 0 Å². The number of carbonyl (C=O) groups is 1. The van der Waals surface area contributed by atoms with Crippen molar-refractivity contribution in [3.8, 4) is 0 Å². The summed E-state index contributed by atoms with van der Waals surface area (Å²) in [5.41, 5.74) is 1.29. The summed E-state index contributed by atoms with van der Waals surface area (Å²) in [5, 5.41) is 9.69. The lowest BCUT2D eigenvalue weighted by atomic mass is 9.92. The molecule has 1 unspecified atom stereocenters. The summed E-state index contributed by atoms with van der Waals surface area (Å²) in [7, 11) is 0. The third-order valence-corrected chi connectivity index (χ3v) is 6.78. The third kappa shape index (κ3) is 4.91. The van der Waals surface area contributed by atoms with Gasteiger partial charge in [-0.25, -0.2) is 0 Å². The molecule has 3 fully saturated rings. The molecule has 1 aromatic rings. The van der Waals surface area contributed by atoms with E-state index < -0.39 is 0 Å². The Morgan fingerprint density at radius 2 is 1.86 bits per heavy atom. The molecule has 0 spiro atoms.